The maximum atomic E-state index is 12.3. The van der Waals surface area contributed by atoms with E-state index in [2.05, 4.69) is 19.2 Å². The quantitative estimate of drug-likeness (QED) is 0.788. The average molecular weight is 325 g/mol. The number of carbonyl (C=O) groups excluding carboxylic acids is 2. The van der Waals surface area contributed by atoms with Gasteiger partial charge in [0, 0.05) is 11.3 Å². The van der Waals surface area contributed by atoms with E-state index in [4.69, 9.17) is 4.74 Å². The highest BCUT2D eigenvalue weighted by Gasteiger charge is 2.09. The largest absolute Gasteiger partial charge is 0.462 e. The van der Waals surface area contributed by atoms with Gasteiger partial charge in [0.05, 0.1) is 12.2 Å². The fourth-order valence-corrected chi connectivity index (χ4v) is 2.19. The number of amides is 1. The molecular weight excluding hydrogens is 302 g/mol. The van der Waals surface area contributed by atoms with E-state index in [0.29, 0.717) is 29.3 Å². The molecule has 0 heterocycles. The van der Waals surface area contributed by atoms with Gasteiger partial charge in [0.25, 0.3) is 5.91 Å². The minimum atomic E-state index is -0.348. The van der Waals surface area contributed by atoms with Gasteiger partial charge >= 0.3 is 5.97 Å². The van der Waals surface area contributed by atoms with Crippen LogP contribution in [0, 0.1) is 0 Å². The molecule has 0 bridgehead atoms. The Morgan fingerprint density at radius 1 is 0.958 bits per heavy atom. The standard InChI is InChI=1S/C20H23NO3/c1-4-13-24-20(23)17-9-11-18(12-10-17)21-19(22)16-7-5-15(6-8-16)14(2)3/h5-12,14H,4,13H2,1-3H3,(H,21,22). The summed E-state index contributed by atoms with van der Waals surface area (Å²) >= 11 is 0. The Hall–Kier alpha value is -2.62. The van der Waals surface area contributed by atoms with Crippen LogP contribution in [0.5, 0.6) is 0 Å². The first-order chi connectivity index (χ1) is 11.5. The Bertz CT molecular complexity index is 688. The number of ether oxygens (including phenoxy) is 1. The van der Waals surface area contributed by atoms with Crippen LogP contribution < -0.4 is 5.32 Å². The van der Waals surface area contributed by atoms with Gasteiger partial charge in [0.1, 0.15) is 0 Å². The zero-order valence-corrected chi connectivity index (χ0v) is 14.3. The third-order valence-corrected chi connectivity index (χ3v) is 3.66. The number of hydrogen-bond donors (Lipinski definition) is 1. The van der Waals surface area contributed by atoms with Gasteiger partial charge in [-0.2, -0.15) is 0 Å². The van der Waals surface area contributed by atoms with Crippen molar-refractivity contribution in [2.24, 2.45) is 0 Å². The molecule has 0 saturated carbocycles. The molecule has 1 N–H and O–H groups in total. The third-order valence-electron chi connectivity index (χ3n) is 3.66. The van der Waals surface area contributed by atoms with Crippen molar-refractivity contribution in [3.63, 3.8) is 0 Å². The lowest BCUT2D eigenvalue weighted by Crippen LogP contribution is -2.12. The SMILES string of the molecule is CCCOC(=O)c1ccc(NC(=O)c2ccc(C(C)C)cc2)cc1. The van der Waals surface area contributed by atoms with Crippen molar-refractivity contribution < 1.29 is 14.3 Å². The van der Waals surface area contributed by atoms with E-state index < -0.39 is 0 Å². The predicted octanol–water partition coefficient (Wildman–Crippen LogP) is 4.63. The van der Waals surface area contributed by atoms with Crippen LogP contribution in [0.15, 0.2) is 48.5 Å². The molecule has 24 heavy (non-hydrogen) atoms. The molecule has 0 fully saturated rings. The zero-order chi connectivity index (χ0) is 17.5. The Labute approximate surface area is 142 Å². The van der Waals surface area contributed by atoms with Crippen molar-refractivity contribution in [1.82, 2.24) is 0 Å². The van der Waals surface area contributed by atoms with Crippen molar-refractivity contribution in [3.8, 4) is 0 Å². The Balaban J connectivity index is 2.00. The number of benzene rings is 2. The maximum Gasteiger partial charge on any atom is 0.338 e. The molecule has 1 amide bonds. The summed E-state index contributed by atoms with van der Waals surface area (Å²) in [5, 5.41) is 2.83. The molecule has 0 aliphatic rings. The lowest BCUT2D eigenvalue weighted by molar-refractivity contribution is 0.0505. The molecule has 2 rings (SSSR count). The zero-order valence-electron chi connectivity index (χ0n) is 14.3. The molecule has 126 valence electrons. The summed E-state index contributed by atoms with van der Waals surface area (Å²) in [5.74, 6) is -0.0901. The first-order valence-corrected chi connectivity index (χ1v) is 8.19. The van der Waals surface area contributed by atoms with Crippen molar-refractivity contribution in [2.75, 3.05) is 11.9 Å². The highest BCUT2D eigenvalue weighted by Crippen LogP contribution is 2.16. The van der Waals surface area contributed by atoms with Crippen LogP contribution in [-0.4, -0.2) is 18.5 Å². The van der Waals surface area contributed by atoms with Gasteiger partial charge in [-0.25, -0.2) is 4.79 Å². The van der Waals surface area contributed by atoms with Crippen LogP contribution >= 0.6 is 0 Å². The number of hydrogen-bond acceptors (Lipinski definition) is 3. The smallest absolute Gasteiger partial charge is 0.338 e. The van der Waals surface area contributed by atoms with E-state index in [-0.39, 0.29) is 11.9 Å². The molecule has 0 aliphatic carbocycles. The minimum Gasteiger partial charge on any atom is -0.462 e. The second kappa shape index (κ2) is 8.29. The second-order valence-corrected chi connectivity index (χ2v) is 5.94. The molecule has 0 aromatic heterocycles. The first-order valence-electron chi connectivity index (χ1n) is 8.19. The number of carbonyl (C=O) groups is 2. The molecule has 0 saturated heterocycles. The summed E-state index contributed by atoms with van der Waals surface area (Å²) in [6, 6.07) is 14.3. The highest BCUT2D eigenvalue weighted by molar-refractivity contribution is 6.04. The van der Waals surface area contributed by atoms with Crippen LogP contribution in [0.25, 0.3) is 0 Å². The van der Waals surface area contributed by atoms with Gasteiger partial charge < -0.3 is 10.1 Å². The van der Waals surface area contributed by atoms with E-state index in [1.54, 1.807) is 24.3 Å². The molecule has 2 aromatic carbocycles. The normalized spacial score (nSPS) is 10.5. The van der Waals surface area contributed by atoms with Gasteiger partial charge in [0.2, 0.25) is 0 Å². The van der Waals surface area contributed by atoms with Gasteiger partial charge in [-0.05, 0) is 54.3 Å². The van der Waals surface area contributed by atoms with E-state index in [1.807, 2.05) is 31.2 Å². The molecule has 2 aromatic rings. The van der Waals surface area contributed by atoms with Crippen molar-refractivity contribution in [3.05, 3.63) is 65.2 Å². The number of nitrogens with one attached hydrogen (secondary N) is 1. The summed E-state index contributed by atoms with van der Waals surface area (Å²) in [4.78, 5) is 24.0. The molecule has 0 spiro atoms. The molecule has 4 nitrogen and oxygen atoms in total. The van der Waals surface area contributed by atoms with Crippen LogP contribution in [0.4, 0.5) is 5.69 Å². The summed E-state index contributed by atoms with van der Waals surface area (Å²) in [5.41, 5.74) is 2.91. The van der Waals surface area contributed by atoms with E-state index in [0.717, 1.165) is 6.42 Å². The molecule has 0 unspecified atom stereocenters. The van der Waals surface area contributed by atoms with Gasteiger partial charge in [-0.1, -0.05) is 32.9 Å². The lowest BCUT2D eigenvalue weighted by atomic mass is 10.0. The number of rotatable bonds is 6. The summed E-state index contributed by atoms with van der Waals surface area (Å²) in [7, 11) is 0. The van der Waals surface area contributed by atoms with Crippen LogP contribution in [0.3, 0.4) is 0 Å². The molecule has 0 atom stereocenters. The van der Waals surface area contributed by atoms with Crippen LogP contribution in [-0.2, 0) is 4.74 Å². The van der Waals surface area contributed by atoms with Crippen molar-refractivity contribution in [1.29, 1.82) is 0 Å². The van der Waals surface area contributed by atoms with E-state index in [1.165, 1.54) is 5.56 Å². The summed E-state index contributed by atoms with van der Waals surface area (Å²) in [6.07, 6.45) is 0.787. The monoisotopic (exact) mass is 325 g/mol. The summed E-state index contributed by atoms with van der Waals surface area (Å²) in [6.45, 7) is 6.58. The van der Waals surface area contributed by atoms with Gasteiger partial charge in [-0.3, -0.25) is 4.79 Å². The lowest BCUT2D eigenvalue weighted by Gasteiger charge is -2.09. The fraction of sp³-hybridized carbons (Fsp3) is 0.300. The Morgan fingerprint density at radius 2 is 1.54 bits per heavy atom. The number of esters is 1. The first kappa shape index (κ1) is 17.7. The van der Waals surface area contributed by atoms with Crippen LogP contribution in [0.1, 0.15) is 59.4 Å². The summed E-state index contributed by atoms with van der Waals surface area (Å²) < 4.78 is 5.07. The Kier molecular flexibility index (Phi) is 6.13. The molecule has 0 radical (unpaired) electrons. The van der Waals surface area contributed by atoms with E-state index in [9.17, 15) is 9.59 Å². The number of anilines is 1. The van der Waals surface area contributed by atoms with Crippen molar-refractivity contribution in [2.45, 2.75) is 33.1 Å². The topological polar surface area (TPSA) is 55.4 Å². The van der Waals surface area contributed by atoms with Gasteiger partial charge in [-0.15, -0.1) is 0 Å². The highest BCUT2D eigenvalue weighted by atomic mass is 16.5. The molecule has 4 heteroatoms. The minimum absolute atomic E-state index is 0.174. The maximum absolute atomic E-state index is 12.3. The second-order valence-electron chi connectivity index (χ2n) is 5.94. The average Bonchev–Trinajstić information content (AvgIpc) is 2.60. The van der Waals surface area contributed by atoms with E-state index >= 15 is 0 Å². The van der Waals surface area contributed by atoms with Crippen molar-refractivity contribution >= 4 is 17.6 Å². The predicted molar refractivity (Wildman–Crippen MR) is 95.5 cm³/mol. The van der Waals surface area contributed by atoms with Gasteiger partial charge in [0.15, 0.2) is 0 Å². The molecular formula is C20H23NO3. The third kappa shape index (κ3) is 4.69. The molecule has 0 aliphatic heterocycles. The Morgan fingerprint density at radius 3 is 2.08 bits per heavy atom. The van der Waals surface area contributed by atoms with Crippen LogP contribution in [0.2, 0.25) is 0 Å². The fourth-order valence-electron chi connectivity index (χ4n) is 2.19.